The number of hydrogen-bond acceptors (Lipinski definition) is 4. The predicted octanol–water partition coefficient (Wildman–Crippen LogP) is 1.52. The van der Waals surface area contributed by atoms with Gasteiger partial charge in [-0.05, 0) is 55.4 Å². The number of ether oxygens (including phenoxy) is 1. The lowest BCUT2D eigenvalue weighted by molar-refractivity contribution is -0.150. The van der Waals surface area contributed by atoms with Gasteiger partial charge in [0.15, 0.2) is 6.61 Å². The van der Waals surface area contributed by atoms with Gasteiger partial charge in [-0.2, -0.15) is 5.01 Å². The van der Waals surface area contributed by atoms with Gasteiger partial charge in [-0.25, -0.2) is 0 Å². The molecule has 6 nitrogen and oxygen atoms in total. The first kappa shape index (κ1) is 15.9. The van der Waals surface area contributed by atoms with Gasteiger partial charge < -0.3 is 4.74 Å². The van der Waals surface area contributed by atoms with Crippen molar-refractivity contribution in [3.63, 3.8) is 0 Å². The van der Waals surface area contributed by atoms with Crippen molar-refractivity contribution in [2.24, 2.45) is 23.7 Å². The number of benzene rings is 1. The molecule has 4 atom stereocenters. The first-order chi connectivity index (χ1) is 12.0. The SMILES string of the molecule is Cc1ccc(OCC(=O)NN2C(=O)[C@@H]3[C@H](C2=O)[C@H]2C=C[C@H]3C2)cc1C. The number of nitrogens with zero attached hydrogens (tertiary/aromatic N) is 1. The molecule has 25 heavy (non-hydrogen) atoms. The van der Waals surface area contributed by atoms with Gasteiger partial charge in [-0.1, -0.05) is 18.2 Å². The summed E-state index contributed by atoms with van der Waals surface area (Å²) in [5, 5.41) is 0.896. The van der Waals surface area contributed by atoms with Gasteiger partial charge in [0, 0.05) is 0 Å². The highest BCUT2D eigenvalue weighted by atomic mass is 16.5. The molecule has 2 bridgehead atoms. The van der Waals surface area contributed by atoms with Crippen molar-refractivity contribution < 1.29 is 19.1 Å². The third-order valence-electron chi connectivity index (χ3n) is 5.56. The molecule has 1 saturated carbocycles. The highest BCUT2D eigenvalue weighted by molar-refractivity contribution is 6.07. The number of hydrazine groups is 1. The summed E-state index contributed by atoms with van der Waals surface area (Å²) in [6.07, 6.45) is 4.90. The van der Waals surface area contributed by atoms with E-state index < -0.39 is 5.91 Å². The van der Waals surface area contributed by atoms with Crippen LogP contribution in [0.1, 0.15) is 17.5 Å². The fraction of sp³-hybridized carbons (Fsp3) is 0.421. The topological polar surface area (TPSA) is 75.7 Å². The summed E-state index contributed by atoms with van der Waals surface area (Å²) in [6, 6.07) is 5.55. The summed E-state index contributed by atoms with van der Waals surface area (Å²) in [4.78, 5) is 37.1. The minimum absolute atomic E-state index is 0.125. The molecule has 1 N–H and O–H groups in total. The number of allylic oxidation sites excluding steroid dienone is 2. The van der Waals surface area contributed by atoms with Gasteiger partial charge >= 0.3 is 0 Å². The number of carbonyl (C=O) groups excluding carboxylic acids is 3. The Morgan fingerprint density at radius 2 is 1.76 bits per heavy atom. The van der Waals surface area contributed by atoms with Gasteiger partial charge in [0.1, 0.15) is 5.75 Å². The summed E-state index contributed by atoms with van der Waals surface area (Å²) < 4.78 is 5.46. The first-order valence-electron chi connectivity index (χ1n) is 8.51. The van der Waals surface area contributed by atoms with Crippen LogP contribution < -0.4 is 10.2 Å². The van der Waals surface area contributed by atoms with Crippen molar-refractivity contribution >= 4 is 17.7 Å². The number of nitrogens with one attached hydrogen (secondary N) is 1. The summed E-state index contributed by atoms with van der Waals surface area (Å²) >= 11 is 0. The molecule has 3 aliphatic rings. The van der Waals surface area contributed by atoms with Crippen LogP contribution in [0.5, 0.6) is 5.75 Å². The van der Waals surface area contributed by atoms with Crippen molar-refractivity contribution in [3.8, 4) is 5.75 Å². The Labute approximate surface area is 145 Å². The van der Waals surface area contributed by atoms with E-state index in [1.54, 1.807) is 6.07 Å². The largest absolute Gasteiger partial charge is 0.484 e. The average Bonchev–Trinajstić information content (AvgIpc) is 3.26. The zero-order valence-electron chi connectivity index (χ0n) is 14.2. The van der Waals surface area contributed by atoms with Gasteiger partial charge in [0.2, 0.25) is 0 Å². The van der Waals surface area contributed by atoms with E-state index in [1.807, 2.05) is 38.1 Å². The molecule has 1 aromatic carbocycles. The van der Waals surface area contributed by atoms with Crippen LogP contribution in [0.15, 0.2) is 30.4 Å². The summed E-state index contributed by atoms with van der Waals surface area (Å²) in [5.74, 6) is -0.915. The van der Waals surface area contributed by atoms with Crippen LogP contribution in [0.25, 0.3) is 0 Å². The van der Waals surface area contributed by atoms with E-state index in [4.69, 9.17) is 4.74 Å². The van der Waals surface area contributed by atoms with E-state index in [1.165, 1.54) is 0 Å². The third kappa shape index (κ3) is 2.52. The van der Waals surface area contributed by atoms with Crippen molar-refractivity contribution in [2.75, 3.05) is 6.61 Å². The number of hydrogen-bond donors (Lipinski definition) is 1. The van der Waals surface area contributed by atoms with Crippen LogP contribution >= 0.6 is 0 Å². The molecule has 4 rings (SSSR count). The predicted molar refractivity (Wildman–Crippen MR) is 89.1 cm³/mol. The summed E-state index contributed by atoms with van der Waals surface area (Å²) in [5.41, 5.74) is 4.62. The number of aryl methyl sites for hydroxylation is 2. The third-order valence-corrected chi connectivity index (χ3v) is 5.56. The van der Waals surface area contributed by atoms with E-state index in [0.29, 0.717) is 5.75 Å². The number of rotatable bonds is 4. The monoisotopic (exact) mass is 340 g/mol. The Kier molecular flexibility index (Phi) is 3.63. The van der Waals surface area contributed by atoms with Crippen LogP contribution in [-0.2, 0) is 14.4 Å². The molecule has 1 saturated heterocycles. The molecule has 1 aromatic rings. The van der Waals surface area contributed by atoms with E-state index in [-0.39, 0.29) is 42.1 Å². The molecule has 0 radical (unpaired) electrons. The Morgan fingerprint density at radius 1 is 1.12 bits per heavy atom. The molecule has 1 aliphatic heterocycles. The Bertz CT molecular complexity index is 771. The van der Waals surface area contributed by atoms with Crippen LogP contribution in [-0.4, -0.2) is 29.3 Å². The van der Waals surface area contributed by atoms with Gasteiger partial charge in [0.25, 0.3) is 17.7 Å². The van der Waals surface area contributed by atoms with Gasteiger partial charge in [-0.3, -0.25) is 19.8 Å². The maximum absolute atomic E-state index is 12.5. The number of fused-ring (bicyclic) bond motifs is 5. The Morgan fingerprint density at radius 3 is 2.36 bits per heavy atom. The summed E-state index contributed by atoms with van der Waals surface area (Å²) in [6.45, 7) is 3.71. The maximum atomic E-state index is 12.5. The minimum atomic E-state index is -0.514. The number of amides is 3. The second-order valence-electron chi connectivity index (χ2n) is 7.08. The molecule has 2 aliphatic carbocycles. The van der Waals surface area contributed by atoms with Crippen LogP contribution in [0.4, 0.5) is 0 Å². The lowest BCUT2D eigenvalue weighted by atomic mass is 9.85. The van der Waals surface area contributed by atoms with E-state index in [9.17, 15) is 14.4 Å². The highest BCUT2D eigenvalue weighted by Crippen LogP contribution is 2.52. The maximum Gasteiger partial charge on any atom is 0.276 e. The fourth-order valence-electron chi connectivity index (χ4n) is 4.12. The van der Waals surface area contributed by atoms with Crippen LogP contribution in [0.3, 0.4) is 0 Å². The smallest absolute Gasteiger partial charge is 0.276 e. The number of carbonyl (C=O) groups is 3. The van der Waals surface area contributed by atoms with Gasteiger partial charge in [0.05, 0.1) is 11.8 Å². The Balaban J connectivity index is 1.37. The van der Waals surface area contributed by atoms with Crippen molar-refractivity contribution in [1.29, 1.82) is 0 Å². The summed E-state index contributed by atoms with van der Waals surface area (Å²) in [7, 11) is 0. The molecular formula is C19H20N2O4. The highest BCUT2D eigenvalue weighted by Gasteiger charge is 2.59. The number of imide groups is 1. The molecule has 130 valence electrons. The van der Waals surface area contributed by atoms with Gasteiger partial charge in [-0.15, -0.1) is 0 Å². The molecule has 0 unspecified atom stereocenters. The van der Waals surface area contributed by atoms with E-state index in [2.05, 4.69) is 5.43 Å². The minimum Gasteiger partial charge on any atom is -0.484 e. The van der Waals surface area contributed by atoms with Crippen molar-refractivity contribution in [1.82, 2.24) is 10.4 Å². The van der Waals surface area contributed by atoms with Crippen molar-refractivity contribution in [3.05, 3.63) is 41.5 Å². The quantitative estimate of drug-likeness (QED) is 0.666. The molecule has 1 heterocycles. The molecule has 0 aromatic heterocycles. The normalized spacial score (nSPS) is 29.3. The van der Waals surface area contributed by atoms with Crippen LogP contribution in [0, 0.1) is 37.5 Å². The second-order valence-corrected chi connectivity index (χ2v) is 7.08. The lowest BCUT2D eigenvalue weighted by Crippen LogP contribution is -2.48. The van der Waals surface area contributed by atoms with Crippen LogP contribution in [0.2, 0.25) is 0 Å². The second kappa shape index (κ2) is 5.72. The zero-order valence-corrected chi connectivity index (χ0v) is 14.2. The molecule has 6 heteroatoms. The fourth-order valence-corrected chi connectivity index (χ4v) is 4.12. The molecular weight excluding hydrogens is 320 g/mol. The Hall–Kier alpha value is -2.63. The molecule has 2 fully saturated rings. The van der Waals surface area contributed by atoms with E-state index >= 15 is 0 Å². The average molecular weight is 340 g/mol. The van der Waals surface area contributed by atoms with E-state index in [0.717, 1.165) is 22.6 Å². The standard InChI is InChI=1S/C19H20N2O4/c1-10-3-6-14(7-11(10)2)25-9-15(22)20-21-18(23)16-12-4-5-13(8-12)17(16)19(21)24/h3-7,12-13,16-17H,8-9H2,1-2H3,(H,20,22)/t12-,13-,16-,17+/m0/s1. The molecule has 0 spiro atoms. The first-order valence-corrected chi connectivity index (χ1v) is 8.51. The van der Waals surface area contributed by atoms with Crippen molar-refractivity contribution in [2.45, 2.75) is 20.3 Å². The zero-order chi connectivity index (χ0) is 17.7. The molecule has 3 amide bonds. The lowest BCUT2D eigenvalue weighted by Gasteiger charge is -2.18.